The van der Waals surface area contributed by atoms with E-state index in [0.717, 1.165) is 6.42 Å². The molecule has 0 fully saturated rings. The number of hydrogen-bond acceptors (Lipinski definition) is 1. The second-order valence-corrected chi connectivity index (χ2v) is 4.95. The quantitative estimate of drug-likeness (QED) is 0.759. The average molecular weight is 190 g/mol. The second-order valence-electron chi connectivity index (χ2n) is 4.95. The largest absolute Gasteiger partial charge is 0.390 e. The van der Waals surface area contributed by atoms with E-state index < -0.39 is 5.60 Å². The summed E-state index contributed by atoms with van der Waals surface area (Å²) >= 11 is 0. The monoisotopic (exact) mass is 190 g/mol. The highest BCUT2D eigenvalue weighted by Gasteiger charge is 2.16. The Labute approximate surface area is 85.8 Å². The van der Waals surface area contributed by atoms with Crippen LogP contribution in [-0.2, 0) is 19.3 Å². The molecular weight excluding hydrogens is 172 g/mol. The van der Waals surface area contributed by atoms with Gasteiger partial charge in [-0.1, -0.05) is 18.2 Å². The van der Waals surface area contributed by atoms with Crippen LogP contribution in [0.1, 0.15) is 37.0 Å². The summed E-state index contributed by atoms with van der Waals surface area (Å²) in [5, 5.41) is 9.72. The van der Waals surface area contributed by atoms with Gasteiger partial charge < -0.3 is 5.11 Å². The van der Waals surface area contributed by atoms with Crippen molar-refractivity contribution in [2.24, 2.45) is 0 Å². The first-order valence-corrected chi connectivity index (χ1v) is 5.38. The van der Waals surface area contributed by atoms with Crippen molar-refractivity contribution in [1.82, 2.24) is 0 Å². The molecule has 0 amide bonds. The Morgan fingerprint density at radius 3 is 2.64 bits per heavy atom. The molecular formula is C13H18O. The van der Waals surface area contributed by atoms with Crippen molar-refractivity contribution in [3.63, 3.8) is 0 Å². The van der Waals surface area contributed by atoms with Gasteiger partial charge in [0.1, 0.15) is 0 Å². The standard InChI is InChI=1S/C13H18O/c1-13(2,14)9-10-6-7-11-4-3-5-12(11)8-10/h6-8,14H,3-5,9H2,1-2H3. The minimum absolute atomic E-state index is 0.590. The summed E-state index contributed by atoms with van der Waals surface area (Å²) in [5.74, 6) is 0. The first-order chi connectivity index (χ1) is 6.54. The molecule has 1 heteroatoms. The van der Waals surface area contributed by atoms with Crippen LogP contribution in [0.5, 0.6) is 0 Å². The maximum Gasteiger partial charge on any atom is 0.0631 e. The summed E-state index contributed by atoms with van der Waals surface area (Å²) in [6.45, 7) is 3.72. The molecule has 0 spiro atoms. The van der Waals surface area contributed by atoms with Crippen molar-refractivity contribution >= 4 is 0 Å². The fourth-order valence-corrected chi connectivity index (χ4v) is 2.23. The highest BCUT2D eigenvalue weighted by atomic mass is 16.3. The zero-order valence-electron chi connectivity index (χ0n) is 9.01. The van der Waals surface area contributed by atoms with E-state index in [0.29, 0.717) is 0 Å². The predicted molar refractivity (Wildman–Crippen MR) is 58.5 cm³/mol. The van der Waals surface area contributed by atoms with E-state index in [9.17, 15) is 5.11 Å². The van der Waals surface area contributed by atoms with Gasteiger partial charge in [0.25, 0.3) is 0 Å². The number of aliphatic hydroxyl groups is 1. The molecule has 0 radical (unpaired) electrons. The third kappa shape index (κ3) is 2.16. The number of aryl methyl sites for hydroxylation is 2. The molecule has 1 aliphatic carbocycles. The molecule has 1 aromatic rings. The smallest absolute Gasteiger partial charge is 0.0631 e. The summed E-state index contributed by atoms with van der Waals surface area (Å²) in [5.41, 5.74) is 3.67. The molecule has 0 unspecified atom stereocenters. The predicted octanol–water partition coefficient (Wildman–Crippen LogP) is 2.49. The Morgan fingerprint density at radius 2 is 1.93 bits per heavy atom. The third-order valence-corrected chi connectivity index (χ3v) is 2.80. The first kappa shape index (κ1) is 9.72. The van der Waals surface area contributed by atoms with E-state index >= 15 is 0 Å². The van der Waals surface area contributed by atoms with Crippen molar-refractivity contribution in [2.75, 3.05) is 0 Å². The molecule has 0 heterocycles. The highest BCUT2D eigenvalue weighted by molar-refractivity contribution is 5.35. The molecule has 76 valence electrons. The molecule has 2 rings (SSSR count). The van der Waals surface area contributed by atoms with Crippen molar-refractivity contribution in [3.8, 4) is 0 Å². The molecule has 1 aromatic carbocycles. The number of hydrogen-bond donors (Lipinski definition) is 1. The summed E-state index contributed by atoms with van der Waals surface area (Å²) in [4.78, 5) is 0. The molecule has 0 atom stereocenters. The molecule has 0 bridgehead atoms. The lowest BCUT2D eigenvalue weighted by molar-refractivity contribution is 0.0810. The Hall–Kier alpha value is -0.820. The molecule has 1 N–H and O–H groups in total. The van der Waals surface area contributed by atoms with Crippen molar-refractivity contribution in [3.05, 3.63) is 34.9 Å². The molecule has 0 saturated heterocycles. The lowest BCUT2D eigenvalue weighted by Crippen LogP contribution is -2.21. The number of rotatable bonds is 2. The van der Waals surface area contributed by atoms with Crippen LogP contribution < -0.4 is 0 Å². The van der Waals surface area contributed by atoms with Gasteiger partial charge >= 0.3 is 0 Å². The van der Waals surface area contributed by atoms with Gasteiger partial charge in [-0.25, -0.2) is 0 Å². The molecule has 1 aliphatic rings. The van der Waals surface area contributed by atoms with E-state index in [1.807, 2.05) is 13.8 Å². The van der Waals surface area contributed by atoms with Crippen LogP contribution in [0.4, 0.5) is 0 Å². The van der Waals surface area contributed by atoms with Crippen molar-refractivity contribution in [2.45, 2.75) is 45.1 Å². The van der Waals surface area contributed by atoms with E-state index in [1.54, 1.807) is 0 Å². The Kier molecular flexibility index (Phi) is 2.36. The van der Waals surface area contributed by atoms with Gasteiger partial charge in [-0.05, 0) is 49.8 Å². The Bertz CT molecular complexity index is 334. The second kappa shape index (κ2) is 3.39. The van der Waals surface area contributed by atoms with Gasteiger partial charge in [0, 0.05) is 6.42 Å². The topological polar surface area (TPSA) is 20.2 Å². The van der Waals surface area contributed by atoms with Gasteiger partial charge in [0.05, 0.1) is 5.60 Å². The van der Waals surface area contributed by atoms with Gasteiger partial charge in [-0.3, -0.25) is 0 Å². The fourth-order valence-electron chi connectivity index (χ4n) is 2.23. The van der Waals surface area contributed by atoms with Crippen LogP contribution in [0.15, 0.2) is 18.2 Å². The minimum atomic E-state index is -0.590. The molecule has 14 heavy (non-hydrogen) atoms. The van der Waals surface area contributed by atoms with Gasteiger partial charge in [0.2, 0.25) is 0 Å². The SMILES string of the molecule is CC(C)(O)Cc1ccc2c(c1)CCC2. The molecule has 0 aromatic heterocycles. The highest BCUT2D eigenvalue weighted by Crippen LogP contribution is 2.24. The Morgan fingerprint density at radius 1 is 1.21 bits per heavy atom. The van der Waals surface area contributed by atoms with Gasteiger partial charge in [-0.15, -0.1) is 0 Å². The molecule has 1 nitrogen and oxygen atoms in total. The van der Waals surface area contributed by atoms with E-state index in [1.165, 1.54) is 36.0 Å². The van der Waals surface area contributed by atoms with Crippen LogP contribution in [-0.4, -0.2) is 10.7 Å². The van der Waals surface area contributed by atoms with Crippen LogP contribution in [0.3, 0.4) is 0 Å². The van der Waals surface area contributed by atoms with Crippen molar-refractivity contribution in [1.29, 1.82) is 0 Å². The Balaban J connectivity index is 2.21. The van der Waals surface area contributed by atoms with Crippen LogP contribution in [0, 0.1) is 0 Å². The van der Waals surface area contributed by atoms with Crippen molar-refractivity contribution < 1.29 is 5.11 Å². The van der Waals surface area contributed by atoms with Crippen LogP contribution >= 0.6 is 0 Å². The van der Waals surface area contributed by atoms with Gasteiger partial charge in [-0.2, -0.15) is 0 Å². The fraction of sp³-hybridized carbons (Fsp3) is 0.538. The zero-order chi connectivity index (χ0) is 10.2. The number of fused-ring (bicyclic) bond motifs is 1. The lowest BCUT2D eigenvalue weighted by Gasteiger charge is -2.17. The molecule has 0 saturated carbocycles. The molecule has 0 aliphatic heterocycles. The average Bonchev–Trinajstić information content (AvgIpc) is 2.47. The van der Waals surface area contributed by atoms with E-state index in [4.69, 9.17) is 0 Å². The third-order valence-electron chi connectivity index (χ3n) is 2.80. The number of benzene rings is 1. The summed E-state index contributed by atoms with van der Waals surface area (Å²) in [6.07, 6.45) is 4.49. The minimum Gasteiger partial charge on any atom is -0.390 e. The van der Waals surface area contributed by atoms with Crippen LogP contribution in [0.2, 0.25) is 0 Å². The van der Waals surface area contributed by atoms with Crippen LogP contribution in [0.25, 0.3) is 0 Å². The lowest BCUT2D eigenvalue weighted by atomic mass is 9.96. The maximum atomic E-state index is 9.72. The first-order valence-electron chi connectivity index (χ1n) is 5.38. The summed E-state index contributed by atoms with van der Waals surface area (Å²) in [7, 11) is 0. The van der Waals surface area contributed by atoms with E-state index in [2.05, 4.69) is 18.2 Å². The maximum absolute atomic E-state index is 9.72. The van der Waals surface area contributed by atoms with E-state index in [-0.39, 0.29) is 0 Å². The summed E-state index contributed by atoms with van der Waals surface area (Å²) < 4.78 is 0. The zero-order valence-corrected chi connectivity index (χ0v) is 9.01. The normalized spacial score (nSPS) is 15.6. The summed E-state index contributed by atoms with van der Waals surface area (Å²) in [6, 6.07) is 6.64. The van der Waals surface area contributed by atoms with Gasteiger partial charge in [0.15, 0.2) is 0 Å².